The summed E-state index contributed by atoms with van der Waals surface area (Å²) in [6.07, 6.45) is 8.23. The topological polar surface area (TPSA) is 69.6 Å². The van der Waals surface area contributed by atoms with Crippen molar-refractivity contribution in [1.82, 2.24) is 19.5 Å². The number of aromatic nitrogens is 4. The molecule has 2 aromatic rings. The van der Waals surface area contributed by atoms with Crippen LogP contribution in [0.4, 0.5) is 5.82 Å². The second-order valence-electron chi connectivity index (χ2n) is 2.27. The molecule has 2 heterocycles. The van der Waals surface area contributed by atoms with Crippen LogP contribution < -0.4 is 5.73 Å². The van der Waals surface area contributed by atoms with Gasteiger partial charge in [-0.1, -0.05) is 0 Å². The molecule has 0 saturated carbocycles. The molecule has 0 spiro atoms. The van der Waals surface area contributed by atoms with E-state index >= 15 is 0 Å². The number of hydrogen-bond acceptors (Lipinski definition) is 4. The number of nitrogens with zero attached hydrogens (tertiary/aromatic N) is 4. The molecule has 0 radical (unpaired) electrons. The van der Waals surface area contributed by atoms with Crippen LogP contribution in [0, 0.1) is 0 Å². The second-order valence-corrected chi connectivity index (χ2v) is 2.27. The fourth-order valence-electron chi connectivity index (χ4n) is 0.859. The molecule has 0 fully saturated rings. The van der Waals surface area contributed by atoms with Gasteiger partial charge < -0.3 is 5.73 Å². The molecule has 2 rings (SSSR count). The van der Waals surface area contributed by atoms with Crippen LogP contribution in [0.5, 0.6) is 0 Å². The van der Waals surface area contributed by atoms with E-state index in [0.29, 0.717) is 11.6 Å². The first-order valence-corrected chi connectivity index (χ1v) is 3.42. The van der Waals surface area contributed by atoms with Crippen molar-refractivity contribution in [3.8, 4) is 5.82 Å². The zero-order valence-electron chi connectivity index (χ0n) is 6.25. The zero-order valence-corrected chi connectivity index (χ0v) is 6.25. The molecule has 5 nitrogen and oxygen atoms in total. The lowest BCUT2D eigenvalue weighted by Crippen LogP contribution is -1.97. The molecule has 0 aliphatic carbocycles. The Balaban J connectivity index is 2.43. The third-order valence-corrected chi connectivity index (χ3v) is 1.43. The SMILES string of the molecule is Nc1cnc(-n2ccnc2)cn1. The Labute approximate surface area is 68.9 Å². The summed E-state index contributed by atoms with van der Waals surface area (Å²) >= 11 is 0. The molecular formula is C7H7N5. The summed E-state index contributed by atoms with van der Waals surface area (Å²) in [7, 11) is 0. The molecule has 60 valence electrons. The zero-order chi connectivity index (χ0) is 8.39. The van der Waals surface area contributed by atoms with Crippen molar-refractivity contribution in [2.24, 2.45) is 0 Å². The fourth-order valence-corrected chi connectivity index (χ4v) is 0.859. The molecular weight excluding hydrogens is 154 g/mol. The van der Waals surface area contributed by atoms with E-state index in [1.54, 1.807) is 29.5 Å². The summed E-state index contributed by atoms with van der Waals surface area (Å²) in [5.41, 5.74) is 5.38. The first-order valence-electron chi connectivity index (χ1n) is 3.42. The van der Waals surface area contributed by atoms with E-state index in [1.807, 2.05) is 0 Å². The predicted molar refractivity (Wildman–Crippen MR) is 43.6 cm³/mol. The first kappa shape index (κ1) is 6.78. The lowest BCUT2D eigenvalue weighted by molar-refractivity contribution is 0.973. The molecule has 0 unspecified atom stereocenters. The number of nitrogens with two attached hydrogens (primary N) is 1. The highest BCUT2D eigenvalue weighted by atomic mass is 15.1. The number of nitrogen functional groups attached to an aromatic ring is 1. The van der Waals surface area contributed by atoms with E-state index in [0.717, 1.165) is 0 Å². The maximum atomic E-state index is 5.38. The van der Waals surface area contributed by atoms with E-state index in [1.165, 1.54) is 6.20 Å². The van der Waals surface area contributed by atoms with E-state index in [-0.39, 0.29) is 0 Å². The first-order chi connectivity index (χ1) is 5.86. The molecule has 0 bridgehead atoms. The van der Waals surface area contributed by atoms with Crippen molar-refractivity contribution in [3.63, 3.8) is 0 Å². The molecule has 0 atom stereocenters. The van der Waals surface area contributed by atoms with E-state index in [9.17, 15) is 0 Å². The Morgan fingerprint density at radius 1 is 1.25 bits per heavy atom. The van der Waals surface area contributed by atoms with Crippen LogP contribution >= 0.6 is 0 Å². The van der Waals surface area contributed by atoms with Crippen molar-refractivity contribution in [2.45, 2.75) is 0 Å². The van der Waals surface area contributed by atoms with Crippen LogP contribution in [0.2, 0.25) is 0 Å². The third kappa shape index (κ3) is 1.12. The molecule has 2 N–H and O–H groups in total. The van der Waals surface area contributed by atoms with Gasteiger partial charge in [0.1, 0.15) is 12.1 Å². The third-order valence-electron chi connectivity index (χ3n) is 1.43. The Kier molecular flexibility index (Phi) is 1.48. The van der Waals surface area contributed by atoms with Gasteiger partial charge in [0.2, 0.25) is 0 Å². The van der Waals surface area contributed by atoms with Crippen molar-refractivity contribution in [3.05, 3.63) is 31.1 Å². The molecule has 0 saturated heterocycles. The van der Waals surface area contributed by atoms with Crippen LogP contribution in [-0.2, 0) is 0 Å². The maximum Gasteiger partial charge on any atom is 0.156 e. The highest BCUT2D eigenvalue weighted by Crippen LogP contribution is 2.01. The molecule has 0 aliphatic heterocycles. The van der Waals surface area contributed by atoms with E-state index in [2.05, 4.69) is 15.0 Å². The summed E-state index contributed by atoms with van der Waals surface area (Å²) in [6.45, 7) is 0. The van der Waals surface area contributed by atoms with Crippen LogP contribution in [0.1, 0.15) is 0 Å². The molecule has 2 aromatic heterocycles. The van der Waals surface area contributed by atoms with Gasteiger partial charge in [-0.2, -0.15) is 0 Å². The van der Waals surface area contributed by atoms with Crippen molar-refractivity contribution < 1.29 is 0 Å². The highest BCUT2D eigenvalue weighted by Gasteiger charge is 1.95. The van der Waals surface area contributed by atoms with Crippen LogP contribution in [0.15, 0.2) is 31.1 Å². The Hall–Kier alpha value is -1.91. The predicted octanol–water partition coefficient (Wildman–Crippen LogP) is 0.244. The number of anilines is 1. The van der Waals surface area contributed by atoms with Gasteiger partial charge in [-0.15, -0.1) is 0 Å². The van der Waals surface area contributed by atoms with Gasteiger partial charge in [-0.3, -0.25) is 4.57 Å². The lowest BCUT2D eigenvalue weighted by atomic mass is 10.6. The van der Waals surface area contributed by atoms with Gasteiger partial charge in [0.25, 0.3) is 0 Å². The van der Waals surface area contributed by atoms with Gasteiger partial charge in [-0.05, 0) is 0 Å². The lowest BCUT2D eigenvalue weighted by Gasteiger charge is -1.98. The highest BCUT2D eigenvalue weighted by molar-refractivity contribution is 5.28. The van der Waals surface area contributed by atoms with Gasteiger partial charge >= 0.3 is 0 Å². The maximum absolute atomic E-state index is 5.38. The average molecular weight is 161 g/mol. The molecule has 0 amide bonds. The molecule has 5 heteroatoms. The average Bonchev–Trinajstić information content (AvgIpc) is 2.58. The quantitative estimate of drug-likeness (QED) is 0.650. The summed E-state index contributed by atoms with van der Waals surface area (Å²) in [6, 6.07) is 0. The molecule has 0 aromatic carbocycles. The minimum Gasteiger partial charge on any atom is -0.382 e. The van der Waals surface area contributed by atoms with Crippen molar-refractivity contribution in [1.29, 1.82) is 0 Å². The summed E-state index contributed by atoms with van der Waals surface area (Å²) in [5, 5.41) is 0. The second kappa shape index (κ2) is 2.61. The largest absolute Gasteiger partial charge is 0.382 e. The van der Waals surface area contributed by atoms with Gasteiger partial charge in [-0.25, -0.2) is 15.0 Å². The molecule has 12 heavy (non-hydrogen) atoms. The summed E-state index contributed by atoms with van der Waals surface area (Å²) < 4.78 is 1.76. The van der Waals surface area contributed by atoms with Gasteiger partial charge in [0, 0.05) is 12.4 Å². The van der Waals surface area contributed by atoms with Gasteiger partial charge in [0.05, 0.1) is 12.4 Å². The van der Waals surface area contributed by atoms with Crippen LogP contribution in [0.25, 0.3) is 5.82 Å². The smallest absolute Gasteiger partial charge is 0.156 e. The number of hydrogen-bond donors (Lipinski definition) is 1. The summed E-state index contributed by atoms with van der Waals surface area (Å²) in [5.74, 6) is 1.13. The van der Waals surface area contributed by atoms with Crippen molar-refractivity contribution >= 4 is 5.82 Å². The monoisotopic (exact) mass is 161 g/mol. The Bertz CT molecular complexity index is 350. The minimum atomic E-state index is 0.416. The van der Waals surface area contributed by atoms with E-state index < -0.39 is 0 Å². The Morgan fingerprint density at radius 2 is 2.17 bits per heavy atom. The molecule has 0 aliphatic rings. The van der Waals surface area contributed by atoms with Crippen LogP contribution in [-0.4, -0.2) is 19.5 Å². The number of rotatable bonds is 1. The fraction of sp³-hybridized carbons (Fsp3) is 0. The number of imidazole rings is 1. The normalized spacial score (nSPS) is 10.0. The van der Waals surface area contributed by atoms with E-state index in [4.69, 9.17) is 5.73 Å². The standard InChI is InChI=1S/C7H7N5/c8-6-3-11-7(4-10-6)12-2-1-9-5-12/h1-5H,(H2,8,10). The Morgan fingerprint density at radius 3 is 2.75 bits per heavy atom. The van der Waals surface area contributed by atoms with Crippen LogP contribution in [0.3, 0.4) is 0 Å². The van der Waals surface area contributed by atoms with Gasteiger partial charge in [0.15, 0.2) is 5.82 Å². The minimum absolute atomic E-state index is 0.416. The van der Waals surface area contributed by atoms with Crippen molar-refractivity contribution in [2.75, 3.05) is 5.73 Å². The summed E-state index contributed by atoms with van der Waals surface area (Å²) in [4.78, 5) is 11.8.